The number of carbonyl (C=O) groups is 1. The van der Waals surface area contributed by atoms with Crippen LogP contribution in [0.3, 0.4) is 0 Å². The standard InChI is InChI=1S/C15H31N3O3/c1-5-20-11-9-17-7-8-18(10-12-21-6-2)14(13-17)15(19)16(3)4/h14H,5-13H2,1-4H3/t14-/m1/s1. The van der Waals surface area contributed by atoms with Crippen LogP contribution in [0.1, 0.15) is 13.8 Å². The summed E-state index contributed by atoms with van der Waals surface area (Å²) in [5.74, 6) is 0.174. The van der Waals surface area contributed by atoms with Gasteiger partial charge in [0.1, 0.15) is 6.04 Å². The third kappa shape index (κ3) is 6.30. The van der Waals surface area contributed by atoms with Crippen LogP contribution in [0.15, 0.2) is 0 Å². The molecule has 0 unspecified atom stereocenters. The number of hydrogen-bond acceptors (Lipinski definition) is 5. The Kier molecular flexibility index (Phi) is 8.84. The molecule has 0 spiro atoms. The van der Waals surface area contributed by atoms with Gasteiger partial charge >= 0.3 is 0 Å². The summed E-state index contributed by atoms with van der Waals surface area (Å²) in [5.41, 5.74) is 0. The molecule has 1 heterocycles. The SMILES string of the molecule is CCOCCN1CCN(CCOCC)[C@@H](C(=O)N(C)C)C1. The van der Waals surface area contributed by atoms with Crippen LogP contribution in [0.4, 0.5) is 0 Å². The zero-order valence-electron chi connectivity index (χ0n) is 14.0. The Morgan fingerprint density at radius 1 is 1.10 bits per heavy atom. The van der Waals surface area contributed by atoms with E-state index in [0.29, 0.717) is 6.61 Å². The highest BCUT2D eigenvalue weighted by Crippen LogP contribution is 2.11. The lowest BCUT2D eigenvalue weighted by atomic mass is 10.1. The average Bonchev–Trinajstić information content (AvgIpc) is 2.48. The summed E-state index contributed by atoms with van der Waals surface area (Å²) in [6.45, 7) is 11.3. The highest BCUT2D eigenvalue weighted by molar-refractivity contribution is 5.81. The van der Waals surface area contributed by atoms with Crippen molar-refractivity contribution in [2.24, 2.45) is 0 Å². The molecule has 21 heavy (non-hydrogen) atoms. The molecule has 1 aliphatic rings. The maximum atomic E-state index is 12.4. The Balaban J connectivity index is 2.54. The fourth-order valence-electron chi connectivity index (χ4n) is 2.54. The first-order chi connectivity index (χ1) is 10.1. The van der Waals surface area contributed by atoms with Gasteiger partial charge in [0, 0.05) is 60.0 Å². The normalized spacial score (nSPS) is 20.7. The zero-order valence-corrected chi connectivity index (χ0v) is 14.0. The molecule has 0 saturated carbocycles. The molecule has 6 nitrogen and oxygen atoms in total. The number of carbonyl (C=O) groups excluding carboxylic acids is 1. The van der Waals surface area contributed by atoms with Crippen molar-refractivity contribution in [2.45, 2.75) is 19.9 Å². The van der Waals surface area contributed by atoms with Crippen molar-refractivity contribution >= 4 is 5.91 Å². The second-order valence-corrected chi connectivity index (χ2v) is 5.48. The summed E-state index contributed by atoms with van der Waals surface area (Å²) in [5, 5.41) is 0. The summed E-state index contributed by atoms with van der Waals surface area (Å²) >= 11 is 0. The number of hydrogen-bond donors (Lipinski definition) is 0. The second-order valence-electron chi connectivity index (χ2n) is 5.48. The van der Waals surface area contributed by atoms with E-state index in [4.69, 9.17) is 9.47 Å². The number of amides is 1. The second kappa shape index (κ2) is 10.1. The highest BCUT2D eigenvalue weighted by Gasteiger charge is 2.32. The van der Waals surface area contributed by atoms with Gasteiger partial charge in [-0.3, -0.25) is 14.6 Å². The molecule has 1 aliphatic heterocycles. The molecule has 0 bridgehead atoms. The molecule has 1 rings (SSSR count). The smallest absolute Gasteiger partial charge is 0.240 e. The third-order valence-electron chi connectivity index (χ3n) is 3.78. The first-order valence-electron chi connectivity index (χ1n) is 7.93. The molecule has 0 aromatic rings. The van der Waals surface area contributed by atoms with E-state index in [0.717, 1.165) is 52.5 Å². The Hall–Kier alpha value is -0.690. The van der Waals surface area contributed by atoms with Crippen molar-refractivity contribution in [3.63, 3.8) is 0 Å². The summed E-state index contributed by atoms with van der Waals surface area (Å²) in [6.07, 6.45) is 0. The molecule has 1 atom stereocenters. The molecule has 6 heteroatoms. The topological polar surface area (TPSA) is 45.3 Å². The number of nitrogens with zero attached hydrogens (tertiary/aromatic N) is 3. The largest absolute Gasteiger partial charge is 0.380 e. The number of likely N-dealkylation sites (N-methyl/N-ethyl adjacent to an activating group) is 1. The number of piperazine rings is 1. The van der Waals surface area contributed by atoms with Gasteiger partial charge in [-0.05, 0) is 13.8 Å². The number of ether oxygens (including phenoxy) is 2. The first-order valence-corrected chi connectivity index (χ1v) is 7.93. The summed E-state index contributed by atoms with van der Waals surface area (Å²) in [7, 11) is 3.64. The molecule has 1 fully saturated rings. The van der Waals surface area contributed by atoms with Gasteiger partial charge in [0.05, 0.1) is 13.2 Å². The van der Waals surface area contributed by atoms with Crippen LogP contribution in [-0.4, -0.2) is 99.9 Å². The van der Waals surface area contributed by atoms with Crippen molar-refractivity contribution in [1.29, 1.82) is 0 Å². The van der Waals surface area contributed by atoms with Crippen molar-refractivity contribution in [3.05, 3.63) is 0 Å². The third-order valence-corrected chi connectivity index (χ3v) is 3.78. The predicted octanol–water partition coefficient (Wildman–Crippen LogP) is 0.134. The van der Waals surface area contributed by atoms with E-state index in [-0.39, 0.29) is 11.9 Å². The van der Waals surface area contributed by atoms with Crippen molar-refractivity contribution in [1.82, 2.24) is 14.7 Å². The van der Waals surface area contributed by atoms with Gasteiger partial charge in [-0.2, -0.15) is 0 Å². The predicted molar refractivity (Wildman–Crippen MR) is 83.5 cm³/mol. The van der Waals surface area contributed by atoms with Crippen LogP contribution in [0, 0.1) is 0 Å². The van der Waals surface area contributed by atoms with Gasteiger partial charge in [-0.1, -0.05) is 0 Å². The van der Waals surface area contributed by atoms with Gasteiger partial charge in [0.25, 0.3) is 0 Å². The van der Waals surface area contributed by atoms with E-state index in [1.54, 1.807) is 4.90 Å². The molecule has 1 saturated heterocycles. The van der Waals surface area contributed by atoms with E-state index in [1.165, 1.54) is 0 Å². The van der Waals surface area contributed by atoms with E-state index < -0.39 is 0 Å². The highest BCUT2D eigenvalue weighted by atomic mass is 16.5. The van der Waals surface area contributed by atoms with Crippen LogP contribution in [-0.2, 0) is 14.3 Å². The number of rotatable bonds is 9. The monoisotopic (exact) mass is 301 g/mol. The van der Waals surface area contributed by atoms with E-state index in [1.807, 2.05) is 27.9 Å². The fraction of sp³-hybridized carbons (Fsp3) is 0.933. The van der Waals surface area contributed by atoms with Gasteiger partial charge in [0.2, 0.25) is 5.91 Å². The van der Waals surface area contributed by atoms with Crippen LogP contribution in [0.5, 0.6) is 0 Å². The van der Waals surface area contributed by atoms with Crippen LogP contribution in [0.2, 0.25) is 0 Å². The summed E-state index contributed by atoms with van der Waals surface area (Å²) in [4.78, 5) is 18.7. The molecule has 124 valence electrons. The maximum absolute atomic E-state index is 12.4. The lowest BCUT2D eigenvalue weighted by molar-refractivity contribution is -0.137. The molecule has 0 N–H and O–H groups in total. The minimum atomic E-state index is -0.0733. The van der Waals surface area contributed by atoms with E-state index in [2.05, 4.69) is 9.80 Å². The Morgan fingerprint density at radius 2 is 1.71 bits per heavy atom. The van der Waals surface area contributed by atoms with Gasteiger partial charge in [-0.25, -0.2) is 0 Å². The molecule has 0 aromatic heterocycles. The van der Waals surface area contributed by atoms with Crippen molar-refractivity contribution in [2.75, 3.05) is 73.2 Å². The van der Waals surface area contributed by atoms with Crippen molar-refractivity contribution in [3.8, 4) is 0 Å². The van der Waals surface area contributed by atoms with E-state index in [9.17, 15) is 4.79 Å². The molecule has 0 aliphatic carbocycles. The van der Waals surface area contributed by atoms with Gasteiger partial charge in [-0.15, -0.1) is 0 Å². The Morgan fingerprint density at radius 3 is 2.29 bits per heavy atom. The van der Waals surface area contributed by atoms with Gasteiger partial charge in [0.15, 0.2) is 0 Å². The zero-order chi connectivity index (χ0) is 15.7. The van der Waals surface area contributed by atoms with Crippen molar-refractivity contribution < 1.29 is 14.3 Å². The summed E-state index contributed by atoms with van der Waals surface area (Å²) < 4.78 is 10.8. The minimum Gasteiger partial charge on any atom is -0.380 e. The van der Waals surface area contributed by atoms with E-state index >= 15 is 0 Å². The molecular formula is C15H31N3O3. The van der Waals surface area contributed by atoms with Crippen LogP contribution < -0.4 is 0 Å². The quantitative estimate of drug-likeness (QED) is 0.567. The van der Waals surface area contributed by atoms with Crippen LogP contribution in [0.25, 0.3) is 0 Å². The molecule has 0 radical (unpaired) electrons. The first kappa shape index (κ1) is 18.4. The minimum absolute atomic E-state index is 0.0733. The molecule has 0 aromatic carbocycles. The Labute approximate surface area is 129 Å². The Bertz CT molecular complexity index is 300. The maximum Gasteiger partial charge on any atom is 0.240 e. The van der Waals surface area contributed by atoms with Crippen LogP contribution >= 0.6 is 0 Å². The molecular weight excluding hydrogens is 270 g/mol. The lowest BCUT2D eigenvalue weighted by Crippen LogP contribution is -2.59. The molecule has 1 amide bonds. The fourth-order valence-corrected chi connectivity index (χ4v) is 2.54. The lowest BCUT2D eigenvalue weighted by Gasteiger charge is -2.41. The summed E-state index contributed by atoms with van der Waals surface area (Å²) in [6, 6.07) is -0.0733. The average molecular weight is 301 g/mol. The van der Waals surface area contributed by atoms with Gasteiger partial charge < -0.3 is 14.4 Å².